The lowest BCUT2D eigenvalue weighted by atomic mass is 10.2. The molecule has 0 aliphatic carbocycles. The average Bonchev–Trinajstić information content (AvgIpc) is 2.68. The molecule has 1 heterocycles. The van der Waals surface area contributed by atoms with Crippen LogP contribution in [0.2, 0.25) is 5.02 Å². The van der Waals surface area contributed by atoms with E-state index in [1.807, 2.05) is 52.8 Å². The molecule has 2 nitrogen and oxygen atoms in total. The van der Waals surface area contributed by atoms with Gasteiger partial charge in [-0.05, 0) is 19.1 Å². The molecule has 0 aliphatic rings. The number of hydrogen-bond acceptors (Lipinski definition) is 1. The molecule has 0 amide bonds. The Morgan fingerprint density at radius 2 is 1.73 bits per heavy atom. The molecule has 1 aromatic heterocycles. The van der Waals surface area contributed by atoms with Gasteiger partial charge in [0.25, 0.3) is 0 Å². The summed E-state index contributed by atoms with van der Waals surface area (Å²) in [5, 5.41) is 8.73. The zero-order valence-electron chi connectivity index (χ0n) is 10.1. The van der Waals surface area contributed by atoms with E-state index in [9.17, 15) is 0 Å². The molecular formula is C12H19ClN2. The van der Waals surface area contributed by atoms with E-state index in [4.69, 9.17) is 11.6 Å². The van der Waals surface area contributed by atoms with Crippen LogP contribution >= 0.6 is 11.6 Å². The van der Waals surface area contributed by atoms with Gasteiger partial charge in [0.2, 0.25) is 0 Å². The molecular weight excluding hydrogens is 208 g/mol. The van der Waals surface area contributed by atoms with Crippen LogP contribution in [0.25, 0.3) is 10.9 Å². The van der Waals surface area contributed by atoms with E-state index in [2.05, 4.69) is 10.2 Å². The smallest absolute Gasteiger partial charge is 0.0938 e. The van der Waals surface area contributed by atoms with Gasteiger partial charge >= 0.3 is 0 Å². The minimum atomic E-state index is 0.758. The van der Waals surface area contributed by atoms with E-state index in [0.29, 0.717) is 0 Å². The molecule has 3 heteroatoms. The Balaban J connectivity index is 0.000000442. The number of halogens is 1. The maximum Gasteiger partial charge on any atom is 0.0938 e. The first-order chi connectivity index (χ1) is 7.29. The molecule has 0 aliphatic heterocycles. The van der Waals surface area contributed by atoms with Gasteiger partial charge in [0.05, 0.1) is 10.5 Å². The van der Waals surface area contributed by atoms with Crippen molar-refractivity contribution in [1.29, 1.82) is 0 Å². The van der Waals surface area contributed by atoms with Gasteiger partial charge in [0, 0.05) is 11.1 Å². The second-order valence-corrected chi connectivity index (χ2v) is 2.89. The van der Waals surface area contributed by atoms with Crippen molar-refractivity contribution >= 4 is 22.5 Å². The molecule has 15 heavy (non-hydrogen) atoms. The largest absolute Gasteiger partial charge is 0.282 e. The van der Waals surface area contributed by atoms with Crippen LogP contribution in [0.1, 0.15) is 33.4 Å². The second-order valence-electron chi connectivity index (χ2n) is 2.48. The van der Waals surface area contributed by atoms with Crippen LogP contribution in [0.4, 0.5) is 0 Å². The van der Waals surface area contributed by atoms with Gasteiger partial charge in [-0.2, -0.15) is 5.10 Å². The molecule has 2 rings (SSSR count). The third kappa shape index (κ3) is 3.24. The second kappa shape index (κ2) is 7.30. The quantitative estimate of drug-likeness (QED) is 0.700. The number of hydrogen-bond donors (Lipinski definition) is 1. The number of H-pyrrole nitrogens is 1. The van der Waals surface area contributed by atoms with Crippen LogP contribution in [-0.4, -0.2) is 10.2 Å². The summed E-state index contributed by atoms with van der Waals surface area (Å²) in [5.41, 5.74) is 1.95. The molecule has 1 N–H and O–H groups in total. The third-order valence-corrected chi connectivity index (χ3v) is 2.03. The summed E-state index contributed by atoms with van der Waals surface area (Å²) in [6.07, 6.45) is 0. The van der Waals surface area contributed by atoms with Crippen molar-refractivity contribution in [2.75, 3.05) is 0 Å². The highest BCUT2D eigenvalue weighted by atomic mass is 35.5. The normalized spacial score (nSPS) is 8.67. The number of aromatic nitrogens is 2. The maximum absolute atomic E-state index is 5.94. The Hall–Kier alpha value is -1.02. The zero-order valence-corrected chi connectivity index (χ0v) is 10.8. The van der Waals surface area contributed by atoms with Crippen LogP contribution in [0, 0.1) is 6.92 Å². The fourth-order valence-electron chi connectivity index (χ4n) is 1.18. The number of fused-ring (bicyclic) bond motifs is 1. The molecule has 0 saturated heterocycles. The summed E-state index contributed by atoms with van der Waals surface area (Å²) in [5.74, 6) is 0. The minimum Gasteiger partial charge on any atom is -0.282 e. The molecule has 2 aromatic rings. The van der Waals surface area contributed by atoms with E-state index in [1.165, 1.54) is 0 Å². The first-order valence-corrected chi connectivity index (χ1v) is 5.76. The van der Waals surface area contributed by atoms with Gasteiger partial charge < -0.3 is 0 Å². The van der Waals surface area contributed by atoms with E-state index in [1.54, 1.807) is 0 Å². The van der Waals surface area contributed by atoms with Crippen LogP contribution in [0.5, 0.6) is 0 Å². The Labute approximate surface area is 96.6 Å². The standard InChI is InChI=1S/C8H7ClN2.2C2H6/c1-5-8-6(9)3-2-4-7(8)11-10-5;2*1-2/h2-4H,1H3,(H,10,11);2*1-2H3. The predicted molar refractivity (Wildman–Crippen MR) is 68.5 cm³/mol. The van der Waals surface area contributed by atoms with E-state index in [0.717, 1.165) is 21.6 Å². The van der Waals surface area contributed by atoms with Gasteiger partial charge in [-0.3, -0.25) is 5.10 Å². The van der Waals surface area contributed by atoms with Crippen LogP contribution < -0.4 is 0 Å². The molecule has 0 unspecified atom stereocenters. The van der Waals surface area contributed by atoms with Crippen molar-refractivity contribution in [1.82, 2.24) is 10.2 Å². The fraction of sp³-hybridized carbons (Fsp3) is 0.417. The minimum absolute atomic E-state index is 0.758. The van der Waals surface area contributed by atoms with Crippen molar-refractivity contribution in [2.45, 2.75) is 34.6 Å². The molecule has 0 saturated carbocycles. The maximum atomic E-state index is 5.94. The Morgan fingerprint density at radius 1 is 1.13 bits per heavy atom. The summed E-state index contributed by atoms with van der Waals surface area (Å²) in [6, 6.07) is 5.70. The number of nitrogens with zero attached hydrogens (tertiary/aromatic N) is 1. The number of aryl methyl sites for hydroxylation is 1. The van der Waals surface area contributed by atoms with E-state index < -0.39 is 0 Å². The van der Waals surface area contributed by atoms with Gasteiger partial charge in [0.1, 0.15) is 0 Å². The SMILES string of the molecule is CC.CC.Cc1[nH]nc2cccc(Cl)c12. The molecule has 0 atom stereocenters. The fourth-order valence-corrected chi connectivity index (χ4v) is 1.49. The predicted octanol–water partition coefficient (Wildman–Crippen LogP) is 4.58. The van der Waals surface area contributed by atoms with E-state index >= 15 is 0 Å². The van der Waals surface area contributed by atoms with Gasteiger partial charge in [-0.1, -0.05) is 45.4 Å². The monoisotopic (exact) mass is 226 g/mol. The molecule has 0 spiro atoms. The van der Waals surface area contributed by atoms with Crippen LogP contribution in [0.15, 0.2) is 18.2 Å². The van der Waals surface area contributed by atoms with Gasteiger partial charge in [-0.15, -0.1) is 0 Å². The number of nitrogens with one attached hydrogen (secondary N) is 1. The van der Waals surface area contributed by atoms with Gasteiger partial charge in [-0.25, -0.2) is 0 Å². The lowest BCUT2D eigenvalue weighted by Gasteiger charge is -1.91. The highest BCUT2D eigenvalue weighted by Gasteiger charge is 2.03. The van der Waals surface area contributed by atoms with E-state index in [-0.39, 0.29) is 0 Å². The summed E-state index contributed by atoms with van der Waals surface area (Å²) in [7, 11) is 0. The summed E-state index contributed by atoms with van der Waals surface area (Å²) < 4.78 is 0. The van der Waals surface area contributed by atoms with Crippen molar-refractivity contribution in [3.63, 3.8) is 0 Å². The third-order valence-electron chi connectivity index (χ3n) is 1.71. The van der Waals surface area contributed by atoms with Gasteiger partial charge in [0.15, 0.2) is 0 Å². The lowest BCUT2D eigenvalue weighted by Crippen LogP contribution is -1.70. The summed E-state index contributed by atoms with van der Waals surface area (Å²) >= 11 is 5.94. The van der Waals surface area contributed by atoms with Crippen molar-refractivity contribution in [3.8, 4) is 0 Å². The Morgan fingerprint density at radius 3 is 2.27 bits per heavy atom. The van der Waals surface area contributed by atoms with Crippen molar-refractivity contribution in [2.24, 2.45) is 0 Å². The molecule has 0 bridgehead atoms. The number of benzene rings is 1. The topological polar surface area (TPSA) is 28.7 Å². The summed E-state index contributed by atoms with van der Waals surface area (Å²) in [4.78, 5) is 0. The highest BCUT2D eigenvalue weighted by molar-refractivity contribution is 6.35. The highest BCUT2D eigenvalue weighted by Crippen LogP contribution is 2.23. The van der Waals surface area contributed by atoms with Crippen molar-refractivity contribution < 1.29 is 0 Å². The van der Waals surface area contributed by atoms with Crippen LogP contribution in [-0.2, 0) is 0 Å². The molecule has 0 radical (unpaired) electrons. The Bertz CT molecular complexity index is 393. The summed E-state index contributed by atoms with van der Waals surface area (Å²) in [6.45, 7) is 9.96. The molecule has 1 aromatic carbocycles. The first-order valence-electron chi connectivity index (χ1n) is 5.38. The van der Waals surface area contributed by atoms with Crippen molar-refractivity contribution in [3.05, 3.63) is 28.9 Å². The first kappa shape index (κ1) is 14.0. The average molecular weight is 227 g/mol. The number of rotatable bonds is 0. The molecule has 84 valence electrons. The lowest BCUT2D eigenvalue weighted by molar-refractivity contribution is 1.07. The zero-order chi connectivity index (χ0) is 11.8. The molecule has 0 fully saturated rings. The Kier molecular flexibility index (Phi) is 6.80. The number of aromatic amines is 1. The van der Waals surface area contributed by atoms with Crippen LogP contribution in [0.3, 0.4) is 0 Å².